The number of carbonyl (C=O) groups excluding carboxylic acids is 1. The highest BCUT2D eigenvalue weighted by Gasteiger charge is 2.24. The molecule has 0 saturated heterocycles. The van der Waals surface area contributed by atoms with E-state index in [0.29, 0.717) is 24.0 Å². The van der Waals surface area contributed by atoms with Crippen LogP contribution in [0.25, 0.3) is 0 Å². The van der Waals surface area contributed by atoms with Gasteiger partial charge in [-0.3, -0.25) is 5.10 Å². The van der Waals surface area contributed by atoms with Crippen molar-refractivity contribution in [3.8, 4) is 5.75 Å². The minimum atomic E-state index is -0.408. The normalized spacial score (nSPS) is 19.2. The molecule has 0 unspecified atom stereocenters. The molecule has 1 aromatic carbocycles. The fourth-order valence-electron chi connectivity index (χ4n) is 3.10. The number of hydrogen-bond donors (Lipinski definition) is 3. The molecular weight excluding hydrogens is 323 g/mol. The van der Waals surface area contributed by atoms with Crippen molar-refractivity contribution in [3.63, 3.8) is 0 Å². The lowest BCUT2D eigenvalue weighted by molar-refractivity contribution is 0.246. The number of aromatic nitrogens is 2. The molecule has 1 aromatic heterocycles. The van der Waals surface area contributed by atoms with Gasteiger partial charge in [-0.25, -0.2) is 9.18 Å². The third-order valence-corrected chi connectivity index (χ3v) is 4.71. The number of urea groups is 1. The number of aromatic amines is 1. The van der Waals surface area contributed by atoms with Crippen molar-refractivity contribution >= 4 is 11.7 Å². The predicted octanol–water partition coefficient (Wildman–Crippen LogP) is 3.02. The van der Waals surface area contributed by atoms with Gasteiger partial charge in [-0.05, 0) is 55.7 Å². The van der Waals surface area contributed by atoms with Crippen molar-refractivity contribution in [2.75, 3.05) is 11.9 Å². The summed E-state index contributed by atoms with van der Waals surface area (Å²) in [4.78, 5) is 12.3. The Balaban J connectivity index is 1.37. The third-order valence-electron chi connectivity index (χ3n) is 4.71. The average molecular weight is 344 g/mol. The van der Waals surface area contributed by atoms with E-state index in [1.165, 1.54) is 25.0 Å². The minimum Gasteiger partial charge on any atom is -0.491 e. The number of carbonyl (C=O) groups is 1. The minimum absolute atomic E-state index is 0.0366. The topological polar surface area (TPSA) is 79.0 Å². The van der Waals surface area contributed by atoms with Crippen LogP contribution in [0.4, 0.5) is 14.9 Å². The maximum Gasteiger partial charge on any atom is 0.319 e. The van der Waals surface area contributed by atoms with Gasteiger partial charge < -0.3 is 15.4 Å². The molecule has 2 aliphatic rings. The quantitative estimate of drug-likeness (QED) is 0.780. The van der Waals surface area contributed by atoms with Crippen LogP contribution < -0.4 is 15.4 Å². The molecule has 132 valence electrons. The predicted molar refractivity (Wildman–Crippen MR) is 91.2 cm³/mol. The Bertz CT molecular complexity index is 772. The molecule has 4 rings (SSSR count). The van der Waals surface area contributed by atoms with E-state index in [0.717, 1.165) is 30.5 Å². The van der Waals surface area contributed by atoms with Crippen LogP contribution in [-0.2, 0) is 12.8 Å². The van der Waals surface area contributed by atoms with Crippen molar-refractivity contribution in [1.82, 2.24) is 15.5 Å². The number of nitrogens with zero attached hydrogens (tertiary/aromatic N) is 1. The van der Waals surface area contributed by atoms with E-state index in [1.807, 2.05) is 0 Å². The van der Waals surface area contributed by atoms with Gasteiger partial charge in [0.05, 0.1) is 18.5 Å². The SMILES string of the molecule is O=C(Nc1cc(F)ccc1OCC1CC1)N[C@H]1CCc2[nH]ncc2C1. The Morgan fingerprint density at radius 1 is 1.36 bits per heavy atom. The second kappa shape index (κ2) is 6.74. The monoisotopic (exact) mass is 344 g/mol. The smallest absolute Gasteiger partial charge is 0.319 e. The number of H-pyrrole nitrogens is 1. The van der Waals surface area contributed by atoms with Crippen LogP contribution in [0.2, 0.25) is 0 Å². The first-order chi connectivity index (χ1) is 12.2. The van der Waals surface area contributed by atoms with Gasteiger partial charge in [-0.1, -0.05) is 0 Å². The Morgan fingerprint density at radius 3 is 3.08 bits per heavy atom. The van der Waals surface area contributed by atoms with E-state index in [4.69, 9.17) is 4.74 Å². The molecule has 1 atom stereocenters. The summed E-state index contributed by atoms with van der Waals surface area (Å²) in [6, 6.07) is 3.88. The zero-order valence-electron chi connectivity index (χ0n) is 13.8. The molecule has 3 N–H and O–H groups in total. The number of halogens is 1. The molecule has 0 aliphatic heterocycles. The summed E-state index contributed by atoms with van der Waals surface area (Å²) in [6.07, 6.45) is 6.59. The summed E-state index contributed by atoms with van der Waals surface area (Å²) in [6.45, 7) is 0.605. The maximum atomic E-state index is 13.6. The van der Waals surface area contributed by atoms with Gasteiger partial charge in [0.2, 0.25) is 0 Å². The molecule has 2 aliphatic carbocycles. The number of anilines is 1. The fourth-order valence-corrected chi connectivity index (χ4v) is 3.10. The molecule has 0 radical (unpaired) electrons. The zero-order chi connectivity index (χ0) is 17.2. The summed E-state index contributed by atoms with van der Waals surface area (Å²) in [5, 5.41) is 12.7. The maximum absolute atomic E-state index is 13.6. The second-order valence-corrected chi connectivity index (χ2v) is 6.81. The van der Waals surface area contributed by atoms with Gasteiger partial charge in [-0.2, -0.15) is 5.10 Å². The van der Waals surface area contributed by atoms with Crippen molar-refractivity contribution in [2.24, 2.45) is 5.92 Å². The summed E-state index contributed by atoms with van der Waals surface area (Å²) in [7, 11) is 0. The van der Waals surface area contributed by atoms with Crippen molar-refractivity contribution in [2.45, 2.75) is 38.1 Å². The highest BCUT2D eigenvalue weighted by molar-refractivity contribution is 5.91. The molecule has 2 amide bonds. The van der Waals surface area contributed by atoms with Crippen LogP contribution in [-0.4, -0.2) is 28.9 Å². The Hall–Kier alpha value is -2.57. The summed E-state index contributed by atoms with van der Waals surface area (Å²) < 4.78 is 19.3. The number of amides is 2. The third kappa shape index (κ3) is 3.92. The first-order valence-electron chi connectivity index (χ1n) is 8.68. The molecular formula is C18H21FN4O2. The first kappa shape index (κ1) is 15.9. The van der Waals surface area contributed by atoms with Crippen molar-refractivity contribution in [3.05, 3.63) is 41.5 Å². The second-order valence-electron chi connectivity index (χ2n) is 6.81. The standard InChI is InChI=1S/C18H21FN4O2/c19-13-3-6-17(25-10-11-1-2-11)16(8-13)22-18(24)21-14-4-5-15-12(7-14)9-20-23-15/h3,6,8-9,11,14H,1-2,4-5,7,10H2,(H,20,23)(H2,21,22,24)/t14-/m0/s1. The number of aryl methyl sites for hydroxylation is 1. The van der Waals surface area contributed by atoms with Gasteiger partial charge in [0, 0.05) is 17.8 Å². The summed E-state index contributed by atoms with van der Waals surface area (Å²) >= 11 is 0. The molecule has 6 nitrogen and oxygen atoms in total. The molecule has 1 saturated carbocycles. The molecule has 25 heavy (non-hydrogen) atoms. The molecule has 7 heteroatoms. The van der Waals surface area contributed by atoms with Gasteiger partial charge in [0.15, 0.2) is 0 Å². The van der Waals surface area contributed by atoms with Gasteiger partial charge >= 0.3 is 6.03 Å². The number of nitrogens with one attached hydrogen (secondary N) is 3. The van der Waals surface area contributed by atoms with E-state index >= 15 is 0 Å². The molecule has 2 aromatic rings. The molecule has 1 heterocycles. The number of ether oxygens (including phenoxy) is 1. The van der Waals surface area contributed by atoms with E-state index in [1.54, 1.807) is 12.3 Å². The number of hydrogen-bond acceptors (Lipinski definition) is 3. The van der Waals surface area contributed by atoms with Crippen LogP contribution in [0, 0.1) is 11.7 Å². The van der Waals surface area contributed by atoms with Crippen molar-refractivity contribution in [1.29, 1.82) is 0 Å². The van der Waals surface area contributed by atoms with Crippen LogP contribution in [0.15, 0.2) is 24.4 Å². The highest BCUT2D eigenvalue weighted by Crippen LogP contribution is 2.32. The van der Waals surface area contributed by atoms with E-state index < -0.39 is 5.82 Å². The van der Waals surface area contributed by atoms with Crippen LogP contribution in [0.5, 0.6) is 5.75 Å². The van der Waals surface area contributed by atoms with E-state index in [2.05, 4.69) is 20.8 Å². The largest absolute Gasteiger partial charge is 0.491 e. The lowest BCUT2D eigenvalue weighted by Gasteiger charge is -2.23. The zero-order valence-corrected chi connectivity index (χ0v) is 13.8. The van der Waals surface area contributed by atoms with Gasteiger partial charge in [0.1, 0.15) is 11.6 Å². The lowest BCUT2D eigenvalue weighted by Crippen LogP contribution is -2.41. The Morgan fingerprint density at radius 2 is 2.24 bits per heavy atom. The van der Waals surface area contributed by atoms with Crippen LogP contribution >= 0.6 is 0 Å². The Labute approximate surface area is 145 Å². The van der Waals surface area contributed by atoms with Crippen LogP contribution in [0.1, 0.15) is 30.5 Å². The van der Waals surface area contributed by atoms with Crippen molar-refractivity contribution < 1.29 is 13.9 Å². The average Bonchev–Trinajstić information content (AvgIpc) is 3.29. The van der Waals surface area contributed by atoms with E-state index in [-0.39, 0.29) is 12.1 Å². The molecule has 0 spiro atoms. The number of rotatable bonds is 5. The summed E-state index contributed by atoms with van der Waals surface area (Å²) in [5.41, 5.74) is 2.63. The number of benzene rings is 1. The molecule has 1 fully saturated rings. The Kier molecular flexibility index (Phi) is 4.29. The number of fused-ring (bicyclic) bond motifs is 1. The van der Waals surface area contributed by atoms with Gasteiger partial charge in [0.25, 0.3) is 0 Å². The van der Waals surface area contributed by atoms with Gasteiger partial charge in [-0.15, -0.1) is 0 Å². The first-order valence-corrected chi connectivity index (χ1v) is 8.68. The fraction of sp³-hybridized carbons (Fsp3) is 0.444. The van der Waals surface area contributed by atoms with Crippen LogP contribution in [0.3, 0.4) is 0 Å². The lowest BCUT2D eigenvalue weighted by atomic mass is 9.94. The van der Waals surface area contributed by atoms with E-state index in [9.17, 15) is 9.18 Å². The molecule has 0 bridgehead atoms. The summed E-state index contributed by atoms with van der Waals surface area (Å²) in [5.74, 6) is 0.678. The highest BCUT2D eigenvalue weighted by atomic mass is 19.1.